The summed E-state index contributed by atoms with van der Waals surface area (Å²) in [5.41, 5.74) is 2.65. The molecular weight excluding hydrogens is 290 g/mol. The van der Waals surface area contributed by atoms with Crippen LogP contribution in [-0.4, -0.2) is 20.2 Å². The fraction of sp³-hybridized carbons (Fsp3) is 0. The van der Waals surface area contributed by atoms with Gasteiger partial charge in [-0.2, -0.15) is 4.98 Å². The fourth-order valence-electron chi connectivity index (χ4n) is 2.46. The molecule has 0 bridgehead atoms. The second-order valence-electron chi connectivity index (χ2n) is 5.10. The lowest BCUT2D eigenvalue weighted by atomic mass is 10.1. The SMILES string of the molecule is Oc1ccccc1-c1nc(C=Cc2c[nH]c3ccccc23)no1. The van der Waals surface area contributed by atoms with E-state index >= 15 is 0 Å². The van der Waals surface area contributed by atoms with Gasteiger partial charge in [-0.05, 0) is 35.9 Å². The molecule has 23 heavy (non-hydrogen) atoms. The highest BCUT2D eigenvalue weighted by molar-refractivity contribution is 5.91. The summed E-state index contributed by atoms with van der Waals surface area (Å²) in [5.74, 6) is 0.860. The van der Waals surface area contributed by atoms with Crippen molar-refractivity contribution in [2.24, 2.45) is 0 Å². The van der Waals surface area contributed by atoms with E-state index in [4.69, 9.17) is 4.52 Å². The average molecular weight is 303 g/mol. The maximum Gasteiger partial charge on any atom is 0.261 e. The van der Waals surface area contributed by atoms with Crippen LogP contribution in [0.4, 0.5) is 0 Å². The van der Waals surface area contributed by atoms with Gasteiger partial charge in [0.1, 0.15) is 5.75 Å². The summed E-state index contributed by atoms with van der Waals surface area (Å²) < 4.78 is 5.21. The van der Waals surface area contributed by atoms with Crippen LogP contribution in [-0.2, 0) is 0 Å². The van der Waals surface area contributed by atoms with Crippen molar-refractivity contribution >= 4 is 23.1 Å². The van der Waals surface area contributed by atoms with Gasteiger partial charge in [-0.1, -0.05) is 35.5 Å². The number of hydrogen-bond acceptors (Lipinski definition) is 4. The van der Waals surface area contributed by atoms with Gasteiger partial charge >= 0.3 is 0 Å². The monoisotopic (exact) mass is 303 g/mol. The minimum absolute atomic E-state index is 0.114. The van der Waals surface area contributed by atoms with Gasteiger partial charge in [0.15, 0.2) is 5.82 Å². The van der Waals surface area contributed by atoms with Gasteiger partial charge in [0, 0.05) is 17.1 Å². The molecule has 4 rings (SSSR count). The number of rotatable bonds is 3. The molecule has 0 radical (unpaired) electrons. The highest BCUT2D eigenvalue weighted by Crippen LogP contribution is 2.27. The van der Waals surface area contributed by atoms with Crippen LogP contribution in [0, 0.1) is 0 Å². The molecule has 0 unspecified atom stereocenters. The van der Waals surface area contributed by atoms with Crippen molar-refractivity contribution in [2.45, 2.75) is 0 Å². The average Bonchev–Trinajstić information content (AvgIpc) is 3.20. The fourth-order valence-corrected chi connectivity index (χ4v) is 2.46. The van der Waals surface area contributed by atoms with Gasteiger partial charge < -0.3 is 14.6 Å². The van der Waals surface area contributed by atoms with Crippen LogP contribution in [0.1, 0.15) is 11.4 Å². The standard InChI is InChI=1S/C18H13N3O2/c22-16-8-4-2-6-14(16)18-20-17(21-23-18)10-9-12-11-19-15-7-3-1-5-13(12)15/h1-11,19,22H. The number of phenolic OH excluding ortho intramolecular Hbond substituents is 1. The first-order valence-corrected chi connectivity index (χ1v) is 7.17. The molecule has 0 aliphatic carbocycles. The topological polar surface area (TPSA) is 74.9 Å². The Morgan fingerprint density at radius 3 is 2.74 bits per heavy atom. The molecule has 112 valence electrons. The summed E-state index contributed by atoms with van der Waals surface area (Å²) in [5, 5.41) is 14.9. The molecule has 2 heterocycles. The van der Waals surface area contributed by atoms with Crippen molar-refractivity contribution in [3.05, 3.63) is 66.1 Å². The highest BCUT2D eigenvalue weighted by Gasteiger charge is 2.10. The molecule has 2 aromatic heterocycles. The quantitative estimate of drug-likeness (QED) is 0.597. The van der Waals surface area contributed by atoms with Crippen LogP contribution < -0.4 is 0 Å². The second kappa shape index (κ2) is 5.46. The van der Waals surface area contributed by atoms with E-state index in [-0.39, 0.29) is 5.75 Å². The zero-order chi connectivity index (χ0) is 15.6. The molecule has 2 N–H and O–H groups in total. The van der Waals surface area contributed by atoms with Crippen LogP contribution in [0.25, 0.3) is 34.5 Å². The molecule has 5 heteroatoms. The van der Waals surface area contributed by atoms with Gasteiger partial charge in [0.2, 0.25) is 0 Å². The molecule has 0 saturated heterocycles. The molecule has 0 aliphatic heterocycles. The maximum atomic E-state index is 9.82. The molecule has 0 saturated carbocycles. The van der Waals surface area contributed by atoms with E-state index in [0.717, 1.165) is 16.5 Å². The lowest BCUT2D eigenvalue weighted by Crippen LogP contribution is -1.79. The third kappa shape index (κ3) is 2.48. The first kappa shape index (κ1) is 13.3. The largest absolute Gasteiger partial charge is 0.507 e. The lowest BCUT2D eigenvalue weighted by molar-refractivity contribution is 0.423. The predicted octanol–water partition coefficient (Wildman–Crippen LogP) is 4.09. The molecule has 0 aliphatic rings. The molecular formula is C18H13N3O2. The minimum Gasteiger partial charge on any atom is -0.507 e. The normalized spacial score (nSPS) is 11.5. The molecule has 0 atom stereocenters. The molecule has 4 aromatic rings. The van der Waals surface area contributed by atoms with Crippen LogP contribution in [0.2, 0.25) is 0 Å². The van der Waals surface area contributed by atoms with Gasteiger partial charge in [-0.25, -0.2) is 0 Å². The third-order valence-electron chi connectivity index (χ3n) is 3.61. The Morgan fingerprint density at radius 1 is 1.00 bits per heavy atom. The summed E-state index contributed by atoms with van der Waals surface area (Å²) >= 11 is 0. The van der Waals surface area contributed by atoms with Gasteiger partial charge in [0.05, 0.1) is 5.56 Å². The Kier molecular flexibility index (Phi) is 3.16. The Morgan fingerprint density at radius 2 is 1.83 bits per heavy atom. The van der Waals surface area contributed by atoms with Crippen LogP contribution in [0.15, 0.2) is 59.3 Å². The Balaban J connectivity index is 1.64. The van der Waals surface area contributed by atoms with Crippen LogP contribution >= 0.6 is 0 Å². The van der Waals surface area contributed by atoms with Crippen LogP contribution in [0.3, 0.4) is 0 Å². The third-order valence-corrected chi connectivity index (χ3v) is 3.61. The molecule has 0 spiro atoms. The molecule has 0 fully saturated rings. The first-order valence-electron chi connectivity index (χ1n) is 7.17. The van der Waals surface area contributed by atoms with E-state index in [1.165, 1.54) is 0 Å². The number of fused-ring (bicyclic) bond motifs is 1. The Bertz CT molecular complexity index is 998. The predicted molar refractivity (Wildman–Crippen MR) is 88.6 cm³/mol. The zero-order valence-electron chi connectivity index (χ0n) is 12.1. The highest BCUT2D eigenvalue weighted by atomic mass is 16.5. The van der Waals surface area contributed by atoms with Crippen molar-refractivity contribution < 1.29 is 9.63 Å². The summed E-state index contributed by atoms with van der Waals surface area (Å²) in [6, 6.07) is 14.9. The van der Waals surface area contributed by atoms with Gasteiger partial charge in [-0.3, -0.25) is 0 Å². The van der Waals surface area contributed by atoms with Gasteiger partial charge in [0.25, 0.3) is 5.89 Å². The Hall–Kier alpha value is -3.34. The van der Waals surface area contributed by atoms with E-state index in [0.29, 0.717) is 17.3 Å². The molecule has 2 aromatic carbocycles. The van der Waals surface area contributed by atoms with E-state index in [1.807, 2.05) is 30.5 Å². The number of phenols is 1. The Labute approximate surface area is 131 Å². The van der Waals surface area contributed by atoms with Crippen molar-refractivity contribution in [3.8, 4) is 17.2 Å². The number of H-pyrrole nitrogens is 1. The minimum atomic E-state index is 0.114. The van der Waals surface area contributed by atoms with Crippen molar-refractivity contribution in [1.82, 2.24) is 15.1 Å². The number of benzene rings is 2. The summed E-state index contributed by atoms with van der Waals surface area (Å²) in [7, 11) is 0. The smallest absolute Gasteiger partial charge is 0.261 e. The van der Waals surface area contributed by atoms with E-state index in [1.54, 1.807) is 30.3 Å². The maximum absolute atomic E-state index is 9.82. The molecule has 0 amide bonds. The molecule has 5 nitrogen and oxygen atoms in total. The van der Waals surface area contributed by atoms with Crippen LogP contribution in [0.5, 0.6) is 5.75 Å². The second-order valence-corrected chi connectivity index (χ2v) is 5.10. The number of para-hydroxylation sites is 2. The summed E-state index contributed by atoms with van der Waals surface area (Å²) in [6.07, 6.45) is 5.64. The summed E-state index contributed by atoms with van der Waals surface area (Å²) in [4.78, 5) is 7.50. The van der Waals surface area contributed by atoms with E-state index < -0.39 is 0 Å². The number of nitrogens with zero attached hydrogens (tertiary/aromatic N) is 2. The van der Waals surface area contributed by atoms with Crippen molar-refractivity contribution in [1.29, 1.82) is 0 Å². The van der Waals surface area contributed by atoms with Crippen molar-refractivity contribution in [3.63, 3.8) is 0 Å². The zero-order valence-corrected chi connectivity index (χ0v) is 12.1. The van der Waals surface area contributed by atoms with Gasteiger partial charge in [-0.15, -0.1) is 0 Å². The van der Waals surface area contributed by atoms with E-state index in [2.05, 4.69) is 21.2 Å². The number of aromatic amines is 1. The lowest BCUT2D eigenvalue weighted by Gasteiger charge is -1.96. The number of aromatic hydroxyl groups is 1. The number of hydrogen-bond donors (Lipinski definition) is 2. The first-order chi connectivity index (χ1) is 11.3. The number of aromatic nitrogens is 3. The number of nitrogens with one attached hydrogen (secondary N) is 1. The van der Waals surface area contributed by atoms with Crippen molar-refractivity contribution in [2.75, 3.05) is 0 Å². The summed E-state index contributed by atoms with van der Waals surface area (Å²) in [6.45, 7) is 0. The van der Waals surface area contributed by atoms with E-state index in [9.17, 15) is 5.11 Å².